The first kappa shape index (κ1) is 19.8. The van der Waals surface area contributed by atoms with Crippen LogP contribution in [0.15, 0.2) is 18.2 Å². The van der Waals surface area contributed by atoms with Gasteiger partial charge in [-0.05, 0) is 49.8 Å². The minimum Gasteiger partial charge on any atom is -0.476 e. The molecular weight excluding hydrogens is 392 g/mol. The monoisotopic (exact) mass is 416 g/mol. The number of hydrogen-bond donors (Lipinski definition) is 2. The summed E-state index contributed by atoms with van der Waals surface area (Å²) in [6.45, 7) is 4.97. The normalized spacial score (nSPS) is 19.2. The van der Waals surface area contributed by atoms with Crippen molar-refractivity contribution < 1.29 is 14.7 Å². The van der Waals surface area contributed by atoms with E-state index in [1.165, 1.54) is 0 Å². The lowest BCUT2D eigenvalue weighted by atomic mass is 9.84. The van der Waals surface area contributed by atoms with Crippen LogP contribution in [0.25, 0.3) is 0 Å². The second-order valence-electron chi connectivity index (χ2n) is 7.90. The van der Waals surface area contributed by atoms with Crippen molar-refractivity contribution in [3.8, 4) is 0 Å². The van der Waals surface area contributed by atoms with Crippen molar-refractivity contribution in [2.24, 2.45) is 5.92 Å². The van der Waals surface area contributed by atoms with Crippen LogP contribution >= 0.6 is 11.6 Å². The number of amides is 1. The third kappa shape index (κ3) is 3.96. The number of H-pyrrole nitrogens is 1. The van der Waals surface area contributed by atoms with E-state index in [4.69, 9.17) is 11.6 Å². The average Bonchev–Trinajstić information content (AvgIpc) is 3.14. The Morgan fingerprint density at radius 2 is 2.03 bits per heavy atom. The lowest BCUT2D eigenvalue weighted by molar-refractivity contribution is -0.132. The van der Waals surface area contributed by atoms with Crippen molar-refractivity contribution in [1.29, 1.82) is 0 Å². The number of rotatable bonds is 4. The van der Waals surface area contributed by atoms with Crippen LogP contribution in [0, 0.1) is 12.8 Å². The van der Waals surface area contributed by atoms with E-state index in [1.54, 1.807) is 0 Å². The number of nitrogens with one attached hydrogen (secondary N) is 1. The highest BCUT2D eigenvalue weighted by molar-refractivity contribution is 6.31. The number of carboxylic acids is 1. The molecule has 0 bridgehead atoms. The first-order valence-electron chi connectivity index (χ1n) is 10.0. The molecule has 4 rings (SSSR count). The summed E-state index contributed by atoms with van der Waals surface area (Å²) in [5.41, 5.74) is 3.97. The van der Waals surface area contributed by atoms with Crippen LogP contribution in [0.2, 0.25) is 5.02 Å². The van der Waals surface area contributed by atoms with Gasteiger partial charge in [-0.25, -0.2) is 4.79 Å². The Kier molecular flexibility index (Phi) is 5.50. The van der Waals surface area contributed by atoms with Gasteiger partial charge in [0.25, 0.3) is 0 Å². The molecule has 2 heterocycles. The van der Waals surface area contributed by atoms with Crippen molar-refractivity contribution in [3.63, 3.8) is 0 Å². The van der Waals surface area contributed by atoms with Gasteiger partial charge < -0.3 is 14.9 Å². The molecule has 1 aliphatic heterocycles. The molecule has 154 valence electrons. The summed E-state index contributed by atoms with van der Waals surface area (Å²) in [5.74, 6) is -0.693. The minimum absolute atomic E-state index is 0.0997. The molecule has 7 nitrogen and oxygen atoms in total. The lowest BCUT2D eigenvalue weighted by Gasteiger charge is -2.37. The number of carbonyl (C=O) groups is 2. The average molecular weight is 417 g/mol. The first-order chi connectivity index (χ1) is 13.9. The molecule has 2 aliphatic rings. The summed E-state index contributed by atoms with van der Waals surface area (Å²) >= 11 is 6.24. The van der Waals surface area contributed by atoms with Crippen molar-refractivity contribution in [3.05, 3.63) is 45.7 Å². The molecule has 1 atom stereocenters. The highest BCUT2D eigenvalue weighted by atomic mass is 35.5. The number of benzene rings is 1. The van der Waals surface area contributed by atoms with Crippen molar-refractivity contribution in [2.45, 2.75) is 32.6 Å². The van der Waals surface area contributed by atoms with Crippen LogP contribution in [0.1, 0.15) is 40.2 Å². The molecule has 1 amide bonds. The molecule has 2 N–H and O–H groups in total. The van der Waals surface area contributed by atoms with Crippen LogP contribution in [0.5, 0.6) is 0 Å². The van der Waals surface area contributed by atoms with Crippen LogP contribution < -0.4 is 4.90 Å². The SMILES string of the molecule is Cc1c(Cl)cccc1N1CCN(C(=O)CC2CCc3[nH]nc(C(=O)O)c3C2)CC1. The molecule has 1 aromatic carbocycles. The molecule has 0 radical (unpaired) electrons. The number of carbonyl (C=O) groups excluding carboxylic acids is 1. The summed E-state index contributed by atoms with van der Waals surface area (Å²) in [6, 6.07) is 5.93. The molecule has 0 saturated carbocycles. The number of anilines is 1. The van der Waals surface area contributed by atoms with E-state index >= 15 is 0 Å². The van der Waals surface area contributed by atoms with E-state index in [1.807, 2.05) is 24.0 Å². The second kappa shape index (κ2) is 8.06. The van der Waals surface area contributed by atoms with Crippen molar-refractivity contribution >= 4 is 29.2 Å². The standard InChI is InChI=1S/C21H25ClN4O3/c1-13-16(22)3-2-4-18(13)25-7-9-26(10-8-25)19(27)12-14-5-6-17-15(11-14)20(21(28)29)24-23-17/h2-4,14H,5-12H2,1H3,(H,23,24)(H,28,29). The fraction of sp³-hybridized carbons (Fsp3) is 0.476. The Balaban J connectivity index is 1.34. The Morgan fingerprint density at radius 1 is 1.28 bits per heavy atom. The maximum Gasteiger partial charge on any atom is 0.356 e. The van der Waals surface area contributed by atoms with Gasteiger partial charge >= 0.3 is 5.97 Å². The van der Waals surface area contributed by atoms with E-state index in [9.17, 15) is 14.7 Å². The topological polar surface area (TPSA) is 89.5 Å². The van der Waals surface area contributed by atoms with Gasteiger partial charge in [-0.2, -0.15) is 5.10 Å². The van der Waals surface area contributed by atoms with Gasteiger partial charge in [-0.3, -0.25) is 9.89 Å². The number of aromatic nitrogens is 2. The predicted molar refractivity (Wildman–Crippen MR) is 111 cm³/mol. The third-order valence-electron chi connectivity index (χ3n) is 6.13. The van der Waals surface area contributed by atoms with E-state index in [0.29, 0.717) is 25.9 Å². The van der Waals surface area contributed by atoms with E-state index < -0.39 is 5.97 Å². The number of aryl methyl sites for hydroxylation is 1. The van der Waals surface area contributed by atoms with Gasteiger partial charge in [0, 0.05) is 54.6 Å². The molecule has 29 heavy (non-hydrogen) atoms. The predicted octanol–water partition coefficient (Wildman–Crippen LogP) is 2.91. The van der Waals surface area contributed by atoms with Crippen LogP contribution in [0.4, 0.5) is 5.69 Å². The van der Waals surface area contributed by atoms with Gasteiger partial charge in [-0.15, -0.1) is 0 Å². The molecule has 1 aliphatic carbocycles. The molecule has 1 saturated heterocycles. The van der Waals surface area contributed by atoms with E-state index in [0.717, 1.165) is 53.5 Å². The smallest absolute Gasteiger partial charge is 0.356 e. The fourth-order valence-corrected chi connectivity index (χ4v) is 4.60. The largest absolute Gasteiger partial charge is 0.476 e. The summed E-state index contributed by atoms with van der Waals surface area (Å²) in [4.78, 5) is 28.4. The van der Waals surface area contributed by atoms with Crippen molar-refractivity contribution in [1.82, 2.24) is 15.1 Å². The van der Waals surface area contributed by atoms with Crippen LogP contribution in [-0.2, 0) is 17.6 Å². The number of hydrogen-bond acceptors (Lipinski definition) is 4. The fourth-order valence-electron chi connectivity index (χ4n) is 4.43. The minimum atomic E-state index is -1.01. The molecule has 1 aromatic heterocycles. The number of carboxylic acid groups (broad SMARTS) is 1. The molecule has 1 unspecified atom stereocenters. The second-order valence-corrected chi connectivity index (χ2v) is 8.31. The molecule has 8 heteroatoms. The Hall–Kier alpha value is -2.54. The number of aromatic carboxylic acids is 1. The summed E-state index contributed by atoms with van der Waals surface area (Å²) in [6.07, 6.45) is 2.68. The summed E-state index contributed by atoms with van der Waals surface area (Å²) in [7, 11) is 0. The van der Waals surface area contributed by atoms with E-state index in [2.05, 4.69) is 21.2 Å². The van der Waals surface area contributed by atoms with Gasteiger partial charge in [-0.1, -0.05) is 17.7 Å². The number of nitrogens with zero attached hydrogens (tertiary/aromatic N) is 3. The van der Waals surface area contributed by atoms with Crippen LogP contribution in [0.3, 0.4) is 0 Å². The first-order valence-corrected chi connectivity index (χ1v) is 10.4. The van der Waals surface area contributed by atoms with Crippen LogP contribution in [-0.4, -0.2) is 58.3 Å². The number of halogens is 1. The lowest BCUT2D eigenvalue weighted by Crippen LogP contribution is -2.49. The maximum atomic E-state index is 12.8. The zero-order valence-electron chi connectivity index (χ0n) is 16.4. The highest BCUT2D eigenvalue weighted by Gasteiger charge is 2.30. The number of fused-ring (bicyclic) bond motifs is 1. The van der Waals surface area contributed by atoms with Gasteiger partial charge in [0.1, 0.15) is 0 Å². The van der Waals surface area contributed by atoms with E-state index in [-0.39, 0.29) is 17.5 Å². The molecular formula is C21H25ClN4O3. The third-order valence-corrected chi connectivity index (χ3v) is 6.54. The molecule has 0 spiro atoms. The molecule has 1 fully saturated rings. The molecule has 2 aromatic rings. The number of aromatic amines is 1. The Labute approximate surface area is 174 Å². The van der Waals surface area contributed by atoms with Gasteiger partial charge in [0.05, 0.1) is 0 Å². The Bertz CT molecular complexity index is 934. The maximum absolute atomic E-state index is 12.8. The number of piperazine rings is 1. The quantitative estimate of drug-likeness (QED) is 0.799. The van der Waals surface area contributed by atoms with Gasteiger partial charge in [0.15, 0.2) is 5.69 Å². The highest BCUT2D eigenvalue weighted by Crippen LogP contribution is 2.30. The zero-order valence-corrected chi connectivity index (χ0v) is 17.2. The van der Waals surface area contributed by atoms with Crippen molar-refractivity contribution in [2.75, 3.05) is 31.1 Å². The zero-order chi connectivity index (χ0) is 20.5. The summed E-state index contributed by atoms with van der Waals surface area (Å²) < 4.78 is 0. The Morgan fingerprint density at radius 3 is 2.76 bits per heavy atom. The summed E-state index contributed by atoms with van der Waals surface area (Å²) in [5, 5.41) is 16.8. The van der Waals surface area contributed by atoms with Gasteiger partial charge in [0.2, 0.25) is 5.91 Å².